The van der Waals surface area contributed by atoms with Crippen molar-refractivity contribution in [2.45, 2.75) is 66.2 Å². The van der Waals surface area contributed by atoms with Crippen molar-refractivity contribution in [3.05, 3.63) is 69.2 Å². The second-order valence-corrected chi connectivity index (χ2v) is 8.50. The molecule has 0 spiro atoms. The molecule has 0 aliphatic rings. The zero-order chi connectivity index (χ0) is 21.1. The number of unbranched alkanes of at least 4 members (excludes halogenated alkanes) is 1. The van der Waals surface area contributed by atoms with E-state index in [2.05, 4.69) is 56.4 Å². The third-order valence-corrected chi connectivity index (χ3v) is 5.84. The number of benzene rings is 2. The molecule has 0 aromatic heterocycles. The SMILES string of the molecule is CCCCc1ccc(CCCNCC(C)=NCCc2ccc(Cl)c(C)c2)cc1C. The molecular formula is C26H37ClN2. The van der Waals surface area contributed by atoms with Gasteiger partial charge in [0, 0.05) is 23.8 Å². The molecule has 1 N–H and O–H groups in total. The van der Waals surface area contributed by atoms with E-state index in [0.717, 1.165) is 49.5 Å². The fourth-order valence-electron chi connectivity index (χ4n) is 3.54. The molecule has 0 aliphatic carbocycles. The standard InChI is InChI=1S/C26H37ClN2/c1-5-6-9-25-12-10-23(17-20(25)2)8-7-15-28-19-22(4)29-16-14-24-11-13-26(27)21(3)18-24/h10-13,17-18,28H,5-9,14-16,19H2,1-4H3. The molecule has 2 aromatic rings. The summed E-state index contributed by atoms with van der Waals surface area (Å²) in [5.41, 5.74) is 8.02. The second kappa shape index (κ2) is 12.8. The van der Waals surface area contributed by atoms with Gasteiger partial charge in [-0.2, -0.15) is 0 Å². The predicted octanol–water partition coefficient (Wildman–Crippen LogP) is 6.53. The second-order valence-electron chi connectivity index (χ2n) is 8.10. The van der Waals surface area contributed by atoms with E-state index in [1.54, 1.807) is 0 Å². The Labute approximate surface area is 182 Å². The largest absolute Gasteiger partial charge is 0.311 e. The van der Waals surface area contributed by atoms with Crippen molar-refractivity contribution in [2.75, 3.05) is 19.6 Å². The van der Waals surface area contributed by atoms with E-state index in [9.17, 15) is 0 Å². The van der Waals surface area contributed by atoms with Crippen molar-refractivity contribution in [2.24, 2.45) is 4.99 Å². The molecule has 3 heteroatoms. The van der Waals surface area contributed by atoms with Gasteiger partial charge < -0.3 is 5.32 Å². The molecule has 2 aromatic carbocycles. The van der Waals surface area contributed by atoms with Crippen molar-refractivity contribution in [1.82, 2.24) is 5.32 Å². The third kappa shape index (κ3) is 8.72. The van der Waals surface area contributed by atoms with Gasteiger partial charge in [-0.25, -0.2) is 0 Å². The Kier molecular flexibility index (Phi) is 10.5. The van der Waals surface area contributed by atoms with E-state index in [0.29, 0.717) is 0 Å². The number of nitrogens with zero attached hydrogens (tertiary/aromatic N) is 1. The molecule has 0 heterocycles. The highest BCUT2D eigenvalue weighted by Crippen LogP contribution is 2.17. The number of halogens is 1. The summed E-state index contributed by atoms with van der Waals surface area (Å²) in [6.45, 7) is 11.4. The topological polar surface area (TPSA) is 24.4 Å². The average molecular weight is 413 g/mol. The van der Waals surface area contributed by atoms with Crippen LogP contribution in [-0.2, 0) is 19.3 Å². The molecule has 0 saturated heterocycles. The van der Waals surface area contributed by atoms with Crippen LogP contribution in [0.15, 0.2) is 41.4 Å². The van der Waals surface area contributed by atoms with Crippen LogP contribution in [0.2, 0.25) is 5.02 Å². The highest BCUT2D eigenvalue weighted by Gasteiger charge is 2.01. The maximum Gasteiger partial charge on any atom is 0.0435 e. The van der Waals surface area contributed by atoms with Crippen molar-refractivity contribution in [1.29, 1.82) is 0 Å². The molecule has 0 saturated carbocycles. The fourth-order valence-corrected chi connectivity index (χ4v) is 3.66. The number of aryl methyl sites for hydroxylation is 4. The summed E-state index contributed by atoms with van der Waals surface area (Å²) in [5, 5.41) is 4.36. The first-order chi connectivity index (χ1) is 14.0. The van der Waals surface area contributed by atoms with Gasteiger partial charge in [0.2, 0.25) is 0 Å². The minimum Gasteiger partial charge on any atom is -0.311 e. The molecular weight excluding hydrogens is 376 g/mol. The van der Waals surface area contributed by atoms with E-state index in [1.165, 1.54) is 47.2 Å². The lowest BCUT2D eigenvalue weighted by Gasteiger charge is -2.09. The summed E-state index contributed by atoms with van der Waals surface area (Å²) in [6.07, 6.45) is 7.00. The maximum atomic E-state index is 6.08. The summed E-state index contributed by atoms with van der Waals surface area (Å²) in [4.78, 5) is 4.69. The van der Waals surface area contributed by atoms with Crippen molar-refractivity contribution < 1.29 is 0 Å². The summed E-state index contributed by atoms with van der Waals surface area (Å²) < 4.78 is 0. The van der Waals surface area contributed by atoms with Gasteiger partial charge in [0.25, 0.3) is 0 Å². The van der Waals surface area contributed by atoms with Gasteiger partial charge in [0.1, 0.15) is 0 Å². The lowest BCUT2D eigenvalue weighted by molar-refractivity contribution is 0.699. The number of aliphatic imine (C=N–C) groups is 1. The van der Waals surface area contributed by atoms with E-state index in [4.69, 9.17) is 16.6 Å². The Balaban J connectivity index is 1.63. The third-order valence-electron chi connectivity index (χ3n) is 5.41. The summed E-state index contributed by atoms with van der Waals surface area (Å²) in [7, 11) is 0. The van der Waals surface area contributed by atoms with Crippen molar-refractivity contribution in [3.63, 3.8) is 0 Å². The van der Waals surface area contributed by atoms with Crippen LogP contribution in [0.1, 0.15) is 60.9 Å². The van der Waals surface area contributed by atoms with E-state index < -0.39 is 0 Å². The first-order valence-electron chi connectivity index (χ1n) is 11.0. The van der Waals surface area contributed by atoms with E-state index in [-0.39, 0.29) is 0 Å². The molecule has 0 fully saturated rings. The van der Waals surface area contributed by atoms with Crippen LogP contribution in [0.25, 0.3) is 0 Å². The minimum absolute atomic E-state index is 0.832. The molecule has 2 rings (SSSR count). The number of hydrogen-bond acceptors (Lipinski definition) is 2. The lowest BCUT2D eigenvalue weighted by Crippen LogP contribution is -2.23. The van der Waals surface area contributed by atoms with Crippen LogP contribution in [0.5, 0.6) is 0 Å². The molecule has 0 atom stereocenters. The van der Waals surface area contributed by atoms with Crippen LogP contribution in [-0.4, -0.2) is 25.3 Å². The quantitative estimate of drug-likeness (QED) is 0.311. The molecule has 0 bridgehead atoms. The zero-order valence-electron chi connectivity index (χ0n) is 18.7. The number of rotatable bonds is 12. The lowest BCUT2D eigenvalue weighted by atomic mass is 9.99. The van der Waals surface area contributed by atoms with Crippen LogP contribution >= 0.6 is 11.6 Å². The predicted molar refractivity (Wildman–Crippen MR) is 129 cm³/mol. The van der Waals surface area contributed by atoms with Crippen LogP contribution < -0.4 is 5.32 Å². The van der Waals surface area contributed by atoms with Gasteiger partial charge in [-0.1, -0.05) is 55.3 Å². The minimum atomic E-state index is 0.832. The van der Waals surface area contributed by atoms with Crippen molar-refractivity contribution in [3.8, 4) is 0 Å². The Morgan fingerprint density at radius 2 is 1.66 bits per heavy atom. The summed E-state index contributed by atoms with van der Waals surface area (Å²) >= 11 is 6.08. The Morgan fingerprint density at radius 3 is 2.38 bits per heavy atom. The highest BCUT2D eigenvalue weighted by molar-refractivity contribution is 6.31. The van der Waals surface area contributed by atoms with Gasteiger partial charge in [-0.05, 0) is 93.3 Å². The normalized spacial score (nSPS) is 11.8. The van der Waals surface area contributed by atoms with Gasteiger partial charge in [0.15, 0.2) is 0 Å². The molecule has 0 radical (unpaired) electrons. The fraction of sp³-hybridized carbons (Fsp3) is 0.500. The maximum absolute atomic E-state index is 6.08. The first-order valence-corrected chi connectivity index (χ1v) is 11.4. The average Bonchev–Trinajstić information content (AvgIpc) is 2.70. The van der Waals surface area contributed by atoms with Gasteiger partial charge in [0.05, 0.1) is 0 Å². The highest BCUT2D eigenvalue weighted by atomic mass is 35.5. The van der Waals surface area contributed by atoms with Crippen LogP contribution in [0, 0.1) is 13.8 Å². The molecule has 0 unspecified atom stereocenters. The smallest absolute Gasteiger partial charge is 0.0435 e. The molecule has 29 heavy (non-hydrogen) atoms. The van der Waals surface area contributed by atoms with Gasteiger partial charge >= 0.3 is 0 Å². The van der Waals surface area contributed by atoms with Crippen molar-refractivity contribution >= 4 is 17.3 Å². The van der Waals surface area contributed by atoms with Gasteiger partial charge in [-0.3, -0.25) is 4.99 Å². The molecule has 2 nitrogen and oxygen atoms in total. The van der Waals surface area contributed by atoms with E-state index >= 15 is 0 Å². The molecule has 0 aliphatic heterocycles. The molecule has 158 valence electrons. The van der Waals surface area contributed by atoms with Gasteiger partial charge in [-0.15, -0.1) is 0 Å². The Hall–Kier alpha value is -1.64. The number of hydrogen-bond donors (Lipinski definition) is 1. The first kappa shape index (κ1) is 23.6. The van der Waals surface area contributed by atoms with E-state index in [1.807, 2.05) is 13.0 Å². The number of nitrogens with one attached hydrogen (secondary N) is 1. The van der Waals surface area contributed by atoms with Crippen LogP contribution in [0.4, 0.5) is 0 Å². The monoisotopic (exact) mass is 412 g/mol. The zero-order valence-corrected chi connectivity index (χ0v) is 19.4. The van der Waals surface area contributed by atoms with Crippen LogP contribution in [0.3, 0.4) is 0 Å². The Bertz CT molecular complexity index is 795. The summed E-state index contributed by atoms with van der Waals surface area (Å²) in [6, 6.07) is 13.2. The molecule has 0 amide bonds. The summed E-state index contributed by atoms with van der Waals surface area (Å²) in [5.74, 6) is 0. The Morgan fingerprint density at radius 1 is 0.931 bits per heavy atom.